The molecule has 0 atom stereocenters. The molecular formula is C11H13N3OS2. The van der Waals surface area contributed by atoms with Crippen molar-refractivity contribution in [2.75, 3.05) is 5.32 Å². The smallest absolute Gasteiger partial charge is 0.226 e. The number of anilines is 1. The Balaban J connectivity index is 1.86. The summed E-state index contributed by atoms with van der Waals surface area (Å²) in [4.78, 5) is 21.2. The first-order valence-electron chi connectivity index (χ1n) is 5.27. The van der Waals surface area contributed by atoms with Crippen molar-refractivity contribution in [1.82, 2.24) is 9.97 Å². The second kappa shape index (κ2) is 5.37. The van der Waals surface area contributed by atoms with Crippen LogP contribution in [0.2, 0.25) is 0 Å². The third-order valence-corrected chi connectivity index (χ3v) is 4.08. The zero-order valence-corrected chi connectivity index (χ0v) is 11.3. The summed E-state index contributed by atoms with van der Waals surface area (Å²) in [5.41, 5.74) is 1.04. The minimum Gasteiger partial charge on any atom is -0.302 e. The van der Waals surface area contributed by atoms with Crippen LogP contribution in [-0.2, 0) is 11.2 Å². The van der Waals surface area contributed by atoms with Crippen LogP contribution in [0, 0.1) is 13.8 Å². The lowest BCUT2D eigenvalue weighted by Gasteiger charge is -2.00. The van der Waals surface area contributed by atoms with Gasteiger partial charge in [-0.3, -0.25) is 4.79 Å². The van der Waals surface area contributed by atoms with Gasteiger partial charge in [0, 0.05) is 22.9 Å². The average molecular weight is 267 g/mol. The minimum atomic E-state index is 0.00500. The van der Waals surface area contributed by atoms with Crippen LogP contribution in [0.25, 0.3) is 0 Å². The molecule has 0 aliphatic heterocycles. The summed E-state index contributed by atoms with van der Waals surface area (Å²) < 4.78 is 0. The molecule has 0 saturated carbocycles. The molecule has 90 valence electrons. The average Bonchev–Trinajstić information content (AvgIpc) is 2.86. The highest BCUT2D eigenvalue weighted by Gasteiger charge is 2.08. The summed E-state index contributed by atoms with van der Waals surface area (Å²) in [6, 6.07) is 0. The molecule has 0 bridgehead atoms. The van der Waals surface area contributed by atoms with Crippen molar-refractivity contribution in [3.05, 3.63) is 27.2 Å². The molecule has 0 fully saturated rings. The van der Waals surface area contributed by atoms with E-state index >= 15 is 0 Å². The van der Waals surface area contributed by atoms with Gasteiger partial charge in [-0.25, -0.2) is 9.97 Å². The van der Waals surface area contributed by atoms with Crippen molar-refractivity contribution in [3.8, 4) is 0 Å². The Labute approximate surface area is 108 Å². The van der Waals surface area contributed by atoms with Gasteiger partial charge >= 0.3 is 0 Å². The van der Waals surface area contributed by atoms with Gasteiger partial charge in [0.2, 0.25) is 5.91 Å². The molecule has 6 heteroatoms. The number of carbonyl (C=O) groups excluding carboxylic acids is 1. The maximum absolute atomic E-state index is 11.6. The predicted molar refractivity (Wildman–Crippen MR) is 70.7 cm³/mol. The van der Waals surface area contributed by atoms with E-state index < -0.39 is 0 Å². The van der Waals surface area contributed by atoms with Gasteiger partial charge in [0.15, 0.2) is 5.13 Å². The number of rotatable bonds is 4. The van der Waals surface area contributed by atoms with Crippen LogP contribution in [0.1, 0.15) is 22.0 Å². The molecule has 2 aromatic heterocycles. The molecule has 1 N–H and O–H groups in total. The number of hydrogen-bond donors (Lipinski definition) is 1. The van der Waals surface area contributed by atoms with Gasteiger partial charge in [-0.1, -0.05) is 0 Å². The van der Waals surface area contributed by atoms with E-state index in [1.54, 1.807) is 17.5 Å². The summed E-state index contributed by atoms with van der Waals surface area (Å²) in [5, 5.41) is 6.32. The number of amides is 1. The number of aromatic nitrogens is 2. The van der Waals surface area contributed by atoms with Gasteiger partial charge in [-0.05, 0) is 20.3 Å². The Morgan fingerprint density at radius 2 is 2.29 bits per heavy atom. The molecule has 2 rings (SSSR count). The van der Waals surface area contributed by atoms with E-state index in [4.69, 9.17) is 0 Å². The molecule has 0 aliphatic rings. The van der Waals surface area contributed by atoms with Gasteiger partial charge in [-0.15, -0.1) is 22.7 Å². The molecule has 4 nitrogen and oxygen atoms in total. The summed E-state index contributed by atoms with van der Waals surface area (Å²) in [7, 11) is 0. The second-order valence-corrected chi connectivity index (χ2v) is 5.81. The highest BCUT2D eigenvalue weighted by molar-refractivity contribution is 7.13. The number of thiazole rings is 2. The fourth-order valence-electron chi connectivity index (χ4n) is 1.50. The Bertz CT molecular complexity index is 505. The number of hydrogen-bond acceptors (Lipinski definition) is 5. The van der Waals surface area contributed by atoms with Crippen LogP contribution in [-0.4, -0.2) is 15.9 Å². The van der Waals surface area contributed by atoms with E-state index in [-0.39, 0.29) is 5.91 Å². The number of aryl methyl sites for hydroxylation is 3. The summed E-state index contributed by atoms with van der Waals surface area (Å²) in [5.74, 6) is 0.00500. The molecule has 0 radical (unpaired) electrons. The lowest BCUT2D eigenvalue weighted by atomic mass is 10.2. The number of nitrogens with zero attached hydrogens (tertiary/aromatic N) is 2. The summed E-state index contributed by atoms with van der Waals surface area (Å²) in [6.07, 6.45) is 2.90. The highest BCUT2D eigenvalue weighted by Crippen LogP contribution is 2.19. The van der Waals surface area contributed by atoms with E-state index in [0.717, 1.165) is 17.1 Å². The van der Waals surface area contributed by atoms with Crippen LogP contribution in [0.5, 0.6) is 0 Å². The van der Waals surface area contributed by atoms with Crippen LogP contribution in [0.4, 0.5) is 5.13 Å². The molecule has 0 aliphatic carbocycles. The zero-order valence-electron chi connectivity index (χ0n) is 9.69. The summed E-state index contributed by atoms with van der Waals surface area (Å²) in [6.45, 7) is 3.97. The van der Waals surface area contributed by atoms with Gasteiger partial charge in [0.25, 0.3) is 0 Å². The topological polar surface area (TPSA) is 54.9 Å². The summed E-state index contributed by atoms with van der Waals surface area (Å²) >= 11 is 3.09. The van der Waals surface area contributed by atoms with Crippen molar-refractivity contribution in [2.45, 2.75) is 26.7 Å². The first kappa shape index (κ1) is 12.2. The first-order valence-corrected chi connectivity index (χ1v) is 6.97. The van der Waals surface area contributed by atoms with E-state index in [1.165, 1.54) is 16.2 Å². The Morgan fingerprint density at radius 3 is 2.88 bits per heavy atom. The number of nitrogens with one attached hydrogen (secondary N) is 1. The third-order valence-electron chi connectivity index (χ3n) is 2.26. The van der Waals surface area contributed by atoms with Crippen molar-refractivity contribution in [1.29, 1.82) is 0 Å². The third kappa shape index (κ3) is 3.34. The van der Waals surface area contributed by atoms with Crippen molar-refractivity contribution in [3.63, 3.8) is 0 Å². The van der Waals surface area contributed by atoms with E-state index in [1.807, 2.05) is 19.2 Å². The molecule has 2 heterocycles. The standard InChI is InChI=1S/C11H13N3OS2/c1-7-9(17-8(2)13-7)3-4-10(15)14-11-12-5-6-16-11/h5-6H,3-4H2,1-2H3,(H,12,14,15). The largest absolute Gasteiger partial charge is 0.302 e. The van der Waals surface area contributed by atoms with Crippen molar-refractivity contribution >= 4 is 33.7 Å². The monoisotopic (exact) mass is 267 g/mol. The first-order chi connectivity index (χ1) is 8.15. The molecule has 17 heavy (non-hydrogen) atoms. The SMILES string of the molecule is Cc1nc(C)c(CCC(=O)Nc2nccs2)s1. The van der Waals surface area contributed by atoms with Crippen molar-refractivity contribution < 1.29 is 4.79 Å². The predicted octanol–water partition coefficient (Wildman–Crippen LogP) is 2.79. The fourth-order valence-corrected chi connectivity index (χ4v) is 2.98. The molecule has 0 aromatic carbocycles. The maximum Gasteiger partial charge on any atom is 0.226 e. The quantitative estimate of drug-likeness (QED) is 0.926. The van der Waals surface area contributed by atoms with Crippen LogP contribution in [0.15, 0.2) is 11.6 Å². The highest BCUT2D eigenvalue weighted by atomic mass is 32.1. The van der Waals surface area contributed by atoms with Gasteiger partial charge < -0.3 is 5.32 Å². The van der Waals surface area contributed by atoms with Gasteiger partial charge in [-0.2, -0.15) is 0 Å². The maximum atomic E-state index is 11.6. The lowest BCUT2D eigenvalue weighted by molar-refractivity contribution is -0.116. The Morgan fingerprint density at radius 1 is 1.47 bits per heavy atom. The van der Waals surface area contributed by atoms with Crippen LogP contribution in [0.3, 0.4) is 0 Å². The van der Waals surface area contributed by atoms with Crippen molar-refractivity contribution in [2.24, 2.45) is 0 Å². The normalized spacial score (nSPS) is 10.5. The Hall–Kier alpha value is -1.27. The lowest BCUT2D eigenvalue weighted by Crippen LogP contribution is -2.11. The minimum absolute atomic E-state index is 0.00500. The molecule has 0 unspecified atom stereocenters. The van der Waals surface area contributed by atoms with E-state index in [0.29, 0.717) is 11.6 Å². The zero-order chi connectivity index (χ0) is 12.3. The fraction of sp³-hybridized carbons (Fsp3) is 0.364. The molecule has 2 aromatic rings. The van der Waals surface area contributed by atoms with Crippen LogP contribution >= 0.6 is 22.7 Å². The van der Waals surface area contributed by atoms with E-state index in [9.17, 15) is 4.79 Å². The second-order valence-electron chi connectivity index (χ2n) is 3.63. The van der Waals surface area contributed by atoms with Crippen LogP contribution < -0.4 is 5.32 Å². The molecule has 0 spiro atoms. The number of carbonyl (C=O) groups is 1. The van der Waals surface area contributed by atoms with Gasteiger partial charge in [0.05, 0.1) is 10.7 Å². The molecular weight excluding hydrogens is 254 g/mol. The molecule has 1 amide bonds. The van der Waals surface area contributed by atoms with E-state index in [2.05, 4.69) is 15.3 Å². The Kier molecular flexibility index (Phi) is 3.86. The molecule has 0 saturated heterocycles. The van der Waals surface area contributed by atoms with Gasteiger partial charge in [0.1, 0.15) is 0 Å².